The normalized spacial score (nSPS) is 24.9. The average molecular weight is 328 g/mol. The minimum Gasteiger partial charge on any atom is -0.292 e. The Morgan fingerprint density at radius 1 is 1.21 bits per heavy atom. The highest BCUT2D eigenvalue weighted by Crippen LogP contribution is 2.29. The van der Waals surface area contributed by atoms with Gasteiger partial charge in [-0.25, -0.2) is 0 Å². The highest BCUT2D eigenvalue weighted by molar-refractivity contribution is 9.10. The molecule has 0 N–H and O–H groups in total. The second-order valence-electron chi connectivity index (χ2n) is 5.68. The van der Waals surface area contributed by atoms with Gasteiger partial charge in [0.1, 0.15) is 0 Å². The van der Waals surface area contributed by atoms with Gasteiger partial charge in [-0.2, -0.15) is 5.10 Å². The van der Waals surface area contributed by atoms with E-state index in [4.69, 9.17) is 5.10 Å². The van der Waals surface area contributed by atoms with E-state index in [1.54, 1.807) is 0 Å². The van der Waals surface area contributed by atoms with Crippen LogP contribution < -0.4 is 0 Å². The molecule has 0 saturated carbocycles. The molecule has 1 aromatic rings. The van der Waals surface area contributed by atoms with E-state index in [1.165, 1.54) is 35.1 Å². The highest BCUT2D eigenvalue weighted by Gasteiger charge is 2.27. The Kier molecular flexibility index (Phi) is 5.07. The molecular weight excluding hydrogens is 302 g/mol. The number of hydrogen-bond donors (Lipinski definition) is 0. The highest BCUT2D eigenvalue weighted by atomic mass is 79.9. The van der Waals surface area contributed by atoms with Crippen LogP contribution in [0.4, 0.5) is 0 Å². The number of aryl methyl sites for hydroxylation is 2. The summed E-state index contributed by atoms with van der Waals surface area (Å²) in [5.41, 5.74) is 2.54. The molecule has 2 atom stereocenters. The lowest BCUT2D eigenvalue weighted by atomic mass is 9.97. The first kappa shape index (κ1) is 15.0. The molecule has 19 heavy (non-hydrogen) atoms. The summed E-state index contributed by atoms with van der Waals surface area (Å²) < 4.78 is 3.39. The number of halogens is 1. The first-order valence-corrected chi connectivity index (χ1v) is 8.37. The standard InChI is InChI=1S/C15H26BrN3/c1-5-13-15(16)14(19(6-2)17-13)10-18-11(3)8-7-9-12(18)4/h11-12H,5-10H2,1-4H3. The van der Waals surface area contributed by atoms with Crippen LogP contribution in [0.25, 0.3) is 0 Å². The van der Waals surface area contributed by atoms with Crippen molar-refractivity contribution in [3.63, 3.8) is 0 Å². The van der Waals surface area contributed by atoms with Crippen molar-refractivity contribution in [3.8, 4) is 0 Å². The van der Waals surface area contributed by atoms with Crippen LogP contribution in [0.5, 0.6) is 0 Å². The summed E-state index contributed by atoms with van der Waals surface area (Å²) in [4.78, 5) is 2.64. The number of nitrogens with zero attached hydrogens (tertiary/aromatic N) is 3. The van der Waals surface area contributed by atoms with Crippen LogP contribution in [-0.4, -0.2) is 26.8 Å². The topological polar surface area (TPSA) is 21.1 Å². The first-order valence-electron chi connectivity index (χ1n) is 7.58. The fourth-order valence-corrected chi connectivity index (χ4v) is 3.82. The summed E-state index contributed by atoms with van der Waals surface area (Å²) in [5, 5.41) is 4.71. The minimum atomic E-state index is 0.681. The summed E-state index contributed by atoms with van der Waals surface area (Å²) in [5.74, 6) is 0. The molecule has 0 aromatic carbocycles. The molecule has 1 aromatic heterocycles. The molecule has 1 fully saturated rings. The molecule has 0 amide bonds. The predicted molar refractivity (Wildman–Crippen MR) is 83.3 cm³/mol. The SMILES string of the molecule is CCc1nn(CC)c(CN2C(C)CCCC2C)c1Br. The maximum Gasteiger partial charge on any atom is 0.0767 e. The van der Waals surface area contributed by atoms with Gasteiger partial charge in [0.15, 0.2) is 0 Å². The van der Waals surface area contributed by atoms with Gasteiger partial charge in [-0.3, -0.25) is 9.58 Å². The van der Waals surface area contributed by atoms with Gasteiger partial charge in [-0.1, -0.05) is 13.3 Å². The van der Waals surface area contributed by atoms with Crippen LogP contribution in [0.3, 0.4) is 0 Å². The van der Waals surface area contributed by atoms with Crippen molar-refractivity contribution in [2.75, 3.05) is 0 Å². The third-order valence-electron chi connectivity index (χ3n) is 4.40. The van der Waals surface area contributed by atoms with E-state index in [1.807, 2.05) is 0 Å². The lowest BCUT2D eigenvalue weighted by Gasteiger charge is -2.39. The van der Waals surface area contributed by atoms with Crippen molar-refractivity contribution < 1.29 is 0 Å². The quantitative estimate of drug-likeness (QED) is 0.833. The van der Waals surface area contributed by atoms with E-state index >= 15 is 0 Å². The monoisotopic (exact) mass is 327 g/mol. The van der Waals surface area contributed by atoms with Gasteiger partial charge >= 0.3 is 0 Å². The van der Waals surface area contributed by atoms with Crippen LogP contribution >= 0.6 is 15.9 Å². The zero-order chi connectivity index (χ0) is 14.0. The molecule has 2 rings (SSSR count). The molecule has 1 saturated heterocycles. The zero-order valence-corrected chi connectivity index (χ0v) is 14.2. The molecule has 1 aliphatic heterocycles. The third kappa shape index (κ3) is 3.05. The van der Waals surface area contributed by atoms with Gasteiger partial charge in [0.05, 0.1) is 15.9 Å². The van der Waals surface area contributed by atoms with Crippen molar-refractivity contribution in [3.05, 3.63) is 15.9 Å². The van der Waals surface area contributed by atoms with Crippen LogP contribution in [0, 0.1) is 0 Å². The van der Waals surface area contributed by atoms with E-state index in [0.29, 0.717) is 12.1 Å². The van der Waals surface area contributed by atoms with E-state index < -0.39 is 0 Å². The van der Waals surface area contributed by atoms with Gasteiger partial charge < -0.3 is 0 Å². The van der Waals surface area contributed by atoms with Crippen LogP contribution in [0.15, 0.2) is 4.47 Å². The molecular formula is C15H26BrN3. The van der Waals surface area contributed by atoms with Crippen molar-refractivity contribution in [1.29, 1.82) is 0 Å². The molecule has 108 valence electrons. The van der Waals surface area contributed by atoms with Crippen molar-refractivity contribution in [1.82, 2.24) is 14.7 Å². The average Bonchev–Trinajstić information content (AvgIpc) is 2.70. The largest absolute Gasteiger partial charge is 0.292 e. The Morgan fingerprint density at radius 3 is 2.37 bits per heavy atom. The molecule has 1 aliphatic rings. The lowest BCUT2D eigenvalue weighted by Crippen LogP contribution is -2.43. The summed E-state index contributed by atoms with van der Waals surface area (Å²) in [6.45, 7) is 11.0. The Hall–Kier alpha value is -0.350. The number of aromatic nitrogens is 2. The Bertz CT molecular complexity index is 417. The summed E-state index contributed by atoms with van der Waals surface area (Å²) >= 11 is 3.76. The van der Waals surface area contributed by atoms with Crippen LogP contribution in [-0.2, 0) is 19.5 Å². The lowest BCUT2D eigenvalue weighted by molar-refractivity contribution is 0.0918. The Morgan fingerprint density at radius 2 is 1.84 bits per heavy atom. The molecule has 3 nitrogen and oxygen atoms in total. The van der Waals surface area contributed by atoms with Gasteiger partial charge in [0.25, 0.3) is 0 Å². The molecule has 2 heterocycles. The van der Waals surface area contributed by atoms with Gasteiger partial charge in [0, 0.05) is 25.2 Å². The summed E-state index contributed by atoms with van der Waals surface area (Å²) in [6.07, 6.45) is 5.00. The van der Waals surface area contributed by atoms with E-state index in [-0.39, 0.29) is 0 Å². The van der Waals surface area contributed by atoms with Crippen molar-refractivity contribution in [2.45, 2.75) is 78.6 Å². The molecule has 0 spiro atoms. The predicted octanol–water partition coefficient (Wildman–Crippen LogP) is 3.99. The molecule has 2 unspecified atom stereocenters. The van der Waals surface area contributed by atoms with E-state index in [2.05, 4.69) is 53.2 Å². The first-order chi connectivity index (χ1) is 9.08. The Labute approximate surface area is 125 Å². The third-order valence-corrected chi connectivity index (χ3v) is 5.32. The van der Waals surface area contributed by atoms with E-state index in [9.17, 15) is 0 Å². The van der Waals surface area contributed by atoms with Crippen molar-refractivity contribution in [2.24, 2.45) is 0 Å². The number of piperidine rings is 1. The molecule has 0 aliphatic carbocycles. The van der Waals surface area contributed by atoms with Gasteiger partial charge in [-0.05, 0) is 56.0 Å². The van der Waals surface area contributed by atoms with Crippen LogP contribution in [0.2, 0.25) is 0 Å². The van der Waals surface area contributed by atoms with Crippen LogP contribution in [0.1, 0.15) is 58.3 Å². The smallest absolute Gasteiger partial charge is 0.0767 e. The maximum atomic E-state index is 4.71. The number of likely N-dealkylation sites (tertiary alicyclic amines) is 1. The fourth-order valence-electron chi connectivity index (χ4n) is 3.13. The second-order valence-corrected chi connectivity index (χ2v) is 6.47. The van der Waals surface area contributed by atoms with E-state index in [0.717, 1.165) is 19.5 Å². The van der Waals surface area contributed by atoms with Gasteiger partial charge in [0.2, 0.25) is 0 Å². The van der Waals surface area contributed by atoms with Gasteiger partial charge in [-0.15, -0.1) is 0 Å². The summed E-state index contributed by atoms with van der Waals surface area (Å²) in [6, 6.07) is 1.36. The summed E-state index contributed by atoms with van der Waals surface area (Å²) in [7, 11) is 0. The molecule has 0 bridgehead atoms. The maximum absolute atomic E-state index is 4.71. The minimum absolute atomic E-state index is 0.681. The van der Waals surface area contributed by atoms with Crippen molar-refractivity contribution >= 4 is 15.9 Å². The molecule has 0 radical (unpaired) electrons. The second kappa shape index (κ2) is 6.40. The Balaban J connectivity index is 2.24. The molecule has 4 heteroatoms. The zero-order valence-electron chi connectivity index (χ0n) is 12.6. The fraction of sp³-hybridized carbons (Fsp3) is 0.800. The number of hydrogen-bond acceptors (Lipinski definition) is 2. The number of rotatable bonds is 4.